The molecule has 0 aliphatic rings. The predicted molar refractivity (Wildman–Crippen MR) is 45.5 cm³/mol. The predicted octanol–water partition coefficient (Wildman–Crippen LogP) is 1.97. The van der Waals surface area contributed by atoms with Crippen LogP contribution in [0.25, 0.3) is 10.4 Å². The van der Waals surface area contributed by atoms with Crippen molar-refractivity contribution in [3.8, 4) is 0 Å². The van der Waals surface area contributed by atoms with E-state index in [9.17, 15) is 0 Å². The second-order valence-electron chi connectivity index (χ2n) is 2.36. The van der Waals surface area contributed by atoms with E-state index in [2.05, 4.69) is 10.0 Å². The summed E-state index contributed by atoms with van der Waals surface area (Å²) >= 11 is 5.77. The Balaban J connectivity index is 2.89. The number of halogens is 1. The molecule has 1 heterocycles. The maximum Gasteiger partial charge on any atom is 0.274 e. The molecule has 0 saturated carbocycles. The Labute approximate surface area is 75.0 Å². The Kier molecular flexibility index (Phi) is 2.91. The first kappa shape index (κ1) is 8.84. The lowest BCUT2D eigenvalue weighted by Gasteiger charge is -1.93. The molecule has 4 nitrogen and oxygen atoms in total. The highest BCUT2D eigenvalue weighted by Gasteiger charge is 2.02. The number of hydrogen-bond donors (Lipinski definition) is 0. The molecule has 0 atom stereocenters. The van der Waals surface area contributed by atoms with E-state index in [0.717, 1.165) is 5.56 Å². The second kappa shape index (κ2) is 3.95. The molecule has 1 aromatic rings. The van der Waals surface area contributed by atoms with Gasteiger partial charge in [-0.15, -0.1) is 0 Å². The normalized spacial score (nSPS) is 9.17. The van der Waals surface area contributed by atoms with Gasteiger partial charge in [0.15, 0.2) is 6.20 Å². The van der Waals surface area contributed by atoms with Gasteiger partial charge in [0.25, 0.3) is 5.15 Å². The number of aryl methyl sites for hydroxylation is 1. The summed E-state index contributed by atoms with van der Waals surface area (Å²) in [6, 6.07) is 3.60. The summed E-state index contributed by atoms with van der Waals surface area (Å²) in [6.45, 7) is 0.363. The van der Waals surface area contributed by atoms with Gasteiger partial charge in [0.05, 0.1) is 6.54 Å². The van der Waals surface area contributed by atoms with E-state index < -0.39 is 0 Å². The van der Waals surface area contributed by atoms with E-state index in [1.807, 2.05) is 19.3 Å². The van der Waals surface area contributed by atoms with Crippen LogP contribution in [0.3, 0.4) is 0 Å². The second-order valence-corrected chi connectivity index (χ2v) is 2.75. The summed E-state index contributed by atoms with van der Waals surface area (Å²) in [5.74, 6) is 0. The molecule has 12 heavy (non-hydrogen) atoms. The van der Waals surface area contributed by atoms with Crippen molar-refractivity contribution in [3.63, 3.8) is 0 Å². The van der Waals surface area contributed by atoms with Gasteiger partial charge in [0.1, 0.15) is 7.05 Å². The maximum absolute atomic E-state index is 8.08. The number of azide groups is 1. The van der Waals surface area contributed by atoms with Crippen LogP contribution < -0.4 is 4.57 Å². The zero-order valence-electron chi connectivity index (χ0n) is 6.61. The van der Waals surface area contributed by atoms with Crippen molar-refractivity contribution in [2.75, 3.05) is 0 Å². The van der Waals surface area contributed by atoms with E-state index in [1.165, 1.54) is 0 Å². The number of nitrogens with zero attached hydrogens (tertiary/aromatic N) is 4. The maximum atomic E-state index is 8.08. The largest absolute Gasteiger partial charge is 0.274 e. The zero-order chi connectivity index (χ0) is 8.97. The average Bonchev–Trinajstić information content (AvgIpc) is 2.07. The molecule has 0 spiro atoms. The summed E-state index contributed by atoms with van der Waals surface area (Å²) in [4.78, 5) is 2.67. The lowest BCUT2D eigenvalue weighted by molar-refractivity contribution is -0.669. The highest BCUT2D eigenvalue weighted by molar-refractivity contribution is 6.28. The molecule has 0 unspecified atom stereocenters. The number of rotatable bonds is 2. The van der Waals surface area contributed by atoms with Crippen molar-refractivity contribution in [1.29, 1.82) is 0 Å². The summed E-state index contributed by atoms with van der Waals surface area (Å²) in [7, 11) is 1.84. The topological polar surface area (TPSA) is 52.6 Å². The number of aromatic nitrogens is 1. The molecule has 62 valence electrons. The van der Waals surface area contributed by atoms with Gasteiger partial charge in [-0.2, -0.15) is 4.57 Å². The Bertz CT molecular complexity index is 330. The zero-order valence-corrected chi connectivity index (χ0v) is 7.36. The van der Waals surface area contributed by atoms with Gasteiger partial charge >= 0.3 is 0 Å². The van der Waals surface area contributed by atoms with E-state index >= 15 is 0 Å². The third-order valence-corrected chi connectivity index (χ3v) is 1.84. The van der Waals surface area contributed by atoms with Gasteiger partial charge in [-0.05, 0) is 23.2 Å². The fourth-order valence-electron chi connectivity index (χ4n) is 0.854. The van der Waals surface area contributed by atoms with Crippen LogP contribution in [0, 0.1) is 0 Å². The monoisotopic (exact) mass is 183 g/mol. The van der Waals surface area contributed by atoms with Crippen LogP contribution in [0.2, 0.25) is 5.15 Å². The van der Waals surface area contributed by atoms with Crippen molar-refractivity contribution < 1.29 is 4.57 Å². The molecule has 0 aliphatic heterocycles. The Morgan fingerprint density at radius 3 is 3.00 bits per heavy atom. The van der Waals surface area contributed by atoms with Crippen LogP contribution in [0.1, 0.15) is 5.56 Å². The first-order chi connectivity index (χ1) is 5.74. The molecule has 0 aromatic carbocycles. The fraction of sp³-hybridized carbons (Fsp3) is 0.286. The first-order valence-corrected chi connectivity index (χ1v) is 3.77. The lowest BCUT2D eigenvalue weighted by atomic mass is 10.3. The Morgan fingerprint density at radius 2 is 2.42 bits per heavy atom. The number of pyridine rings is 1. The van der Waals surface area contributed by atoms with Crippen LogP contribution in [-0.2, 0) is 13.6 Å². The van der Waals surface area contributed by atoms with Gasteiger partial charge in [-0.1, -0.05) is 5.11 Å². The molecule has 1 aromatic heterocycles. The third-order valence-electron chi connectivity index (χ3n) is 1.45. The molecule has 0 fully saturated rings. The molecule has 0 bridgehead atoms. The highest BCUT2D eigenvalue weighted by Crippen LogP contribution is 2.03. The standard InChI is InChI=1S/C7H8ClN4/c1-12-5-6(4-10-11-9)2-3-7(12)8/h2-3,5H,4H2,1H3/q+1. The minimum Gasteiger partial charge on any atom is -0.191 e. The quantitative estimate of drug-likeness (QED) is 0.221. The van der Waals surface area contributed by atoms with Crippen molar-refractivity contribution in [2.24, 2.45) is 12.2 Å². The molecule has 0 radical (unpaired) electrons. The van der Waals surface area contributed by atoms with Crippen molar-refractivity contribution in [3.05, 3.63) is 39.5 Å². The molecule has 0 N–H and O–H groups in total. The molecule has 1 rings (SSSR count). The summed E-state index contributed by atoms with van der Waals surface area (Å²) in [5, 5.41) is 4.09. The Morgan fingerprint density at radius 1 is 1.67 bits per heavy atom. The van der Waals surface area contributed by atoms with Gasteiger partial charge in [0, 0.05) is 16.5 Å². The van der Waals surface area contributed by atoms with E-state index in [4.69, 9.17) is 17.1 Å². The van der Waals surface area contributed by atoms with Crippen LogP contribution >= 0.6 is 11.6 Å². The molecule has 0 saturated heterocycles. The van der Waals surface area contributed by atoms with Crippen LogP contribution in [0.15, 0.2) is 23.4 Å². The van der Waals surface area contributed by atoms with E-state index in [0.29, 0.717) is 11.7 Å². The van der Waals surface area contributed by atoms with E-state index in [-0.39, 0.29) is 0 Å². The van der Waals surface area contributed by atoms with Gasteiger partial charge in [0.2, 0.25) is 0 Å². The molecular formula is C7H8ClN4+. The lowest BCUT2D eigenvalue weighted by Crippen LogP contribution is -2.29. The van der Waals surface area contributed by atoms with Gasteiger partial charge in [-0.25, -0.2) is 0 Å². The SMILES string of the molecule is C[n+]1cc(CN=[N+]=[N-])ccc1Cl. The van der Waals surface area contributed by atoms with Crippen LogP contribution in [0.5, 0.6) is 0 Å². The minimum absolute atomic E-state index is 0.363. The van der Waals surface area contributed by atoms with Gasteiger partial charge in [-0.3, -0.25) is 0 Å². The van der Waals surface area contributed by atoms with Crippen molar-refractivity contribution in [1.82, 2.24) is 0 Å². The molecule has 5 heteroatoms. The Hall–Kier alpha value is -1.25. The smallest absolute Gasteiger partial charge is 0.191 e. The summed E-state index contributed by atoms with van der Waals surface area (Å²) in [5.41, 5.74) is 9.02. The van der Waals surface area contributed by atoms with E-state index in [1.54, 1.807) is 10.6 Å². The third kappa shape index (κ3) is 2.12. The minimum atomic E-state index is 0.363. The van der Waals surface area contributed by atoms with Crippen molar-refractivity contribution >= 4 is 11.6 Å². The molecule has 0 amide bonds. The molecule has 0 aliphatic carbocycles. The van der Waals surface area contributed by atoms with Crippen LogP contribution in [-0.4, -0.2) is 0 Å². The van der Waals surface area contributed by atoms with Crippen molar-refractivity contribution in [2.45, 2.75) is 6.54 Å². The highest BCUT2D eigenvalue weighted by atomic mass is 35.5. The fourth-order valence-corrected chi connectivity index (χ4v) is 0.965. The summed E-state index contributed by atoms with van der Waals surface area (Å²) in [6.07, 6.45) is 1.83. The molecular weight excluding hydrogens is 176 g/mol. The first-order valence-electron chi connectivity index (χ1n) is 3.39. The summed E-state index contributed by atoms with van der Waals surface area (Å²) < 4.78 is 1.77. The average molecular weight is 184 g/mol. The number of hydrogen-bond acceptors (Lipinski definition) is 1. The van der Waals surface area contributed by atoms with Gasteiger partial charge < -0.3 is 0 Å². The van der Waals surface area contributed by atoms with Crippen LogP contribution in [0.4, 0.5) is 0 Å².